The van der Waals surface area contributed by atoms with Gasteiger partial charge in [0, 0.05) is 17.1 Å². The lowest BCUT2D eigenvalue weighted by molar-refractivity contribution is -0.128. The number of ketones is 2. The van der Waals surface area contributed by atoms with Gasteiger partial charge in [0.05, 0.1) is 17.7 Å². The number of carbonyl (C=O) groups excluding carboxylic acids is 3. The Morgan fingerprint density at radius 3 is 2.50 bits per heavy atom. The van der Waals surface area contributed by atoms with Crippen molar-refractivity contribution >= 4 is 34.8 Å². The van der Waals surface area contributed by atoms with Crippen molar-refractivity contribution in [2.24, 2.45) is 5.41 Å². The highest BCUT2D eigenvalue weighted by Crippen LogP contribution is 2.42. The molecule has 4 nitrogen and oxygen atoms in total. The van der Waals surface area contributed by atoms with E-state index in [-0.39, 0.29) is 34.9 Å². The standard InChI is InChI=1S/C17H16ClNO3/c1-17(2)8-12-16(14(21)9-17)13(20)7-15(22)19(12)11-5-3-4-10(18)6-11/h3-6H,7-9H2,1-2H3. The maximum absolute atomic E-state index is 12.4. The first kappa shape index (κ1) is 15.0. The molecule has 1 heterocycles. The lowest BCUT2D eigenvalue weighted by atomic mass is 9.73. The van der Waals surface area contributed by atoms with E-state index in [0.29, 0.717) is 29.2 Å². The van der Waals surface area contributed by atoms with Gasteiger partial charge < -0.3 is 0 Å². The van der Waals surface area contributed by atoms with E-state index in [1.807, 2.05) is 13.8 Å². The number of halogens is 1. The first-order valence-electron chi connectivity index (χ1n) is 7.16. The van der Waals surface area contributed by atoms with Gasteiger partial charge in [-0.25, -0.2) is 0 Å². The number of carbonyl (C=O) groups is 3. The second-order valence-electron chi connectivity index (χ2n) is 6.57. The van der Waals surface area contributed by atoms with Crippen LogP contribution in [0, 0.1) is 5.41 Å². The van der Waals surface area contributed by atoms with E-state index in [4.69, 9.17) is 11.6 Å². The van der Waals surface area contributed by atoms with Crippen LogP contribution in [-0.2, 0) is 14.4 Å². The van der Waals surface area contributed by atoms with Crippen molar-refractivity contribution in [1.29, 1.82) is 0 Å². The van der Waals surface area contributed by atoms with Crippen LogP contribution >= 0.6 is 11.6 Å². The molecule has 0 atom stereocenters. The third kappa shape index (κ3) is 2.48. The molecule has 0 aromatic heterocycles. The predicted octanol–water partition coefficient (Wildman–Crippen LogP) is 3.29. The molecule has 0 spiro atoms. The van der Waals surface area contributed by atoms with Crippen molar-refractivity contribution in [3.8, 4) is 0 Å². The number of amides is 1. The second-order valence-corrected chi connectivity index (χ2v) is 7.01. The fraction of sp³-hybridized carbons (Fsp3) is 0.353. The smallest absolute Gasteiger partial charge is 0.239 e. The van der Waals surface area contributed by atoms with E-state index < -0.39 is 0 Å². The predicted molar refractivity (Wildman–Crippen MR) is 83.6 cm³/mol. The summed E-state index contributed by atoms with van der Waals surface area (Å²) in [5, 5.41) is 0.505. The number of benzene rings is 1. The van der Waals surface area contributed by atoms with Gasteiger partial charge in [-0.15, -0.1) is 0 Å². The summed E-state index contributed by atoms with van der Waals surface area (Å²) in [5.41, 5.74) is 1.04. The molecule has 0 N–H and O–H groups in total. The Bertz CT molecular complexity index is 733. The Labute approximate surface area is 133 Å². The fourth-order valence-corrected chi connectivity index (χ4v) is 3.35. The molecule has 1 aliphatic carbocycles. The summed E-state index contributed by atoms with van der Waals surface area (Å²) < 4.78 is 0. The number of Topliss-reactive ketones (excluding diaryl/α,β-unsaturated/α-hetero) is 2. The number of allylic oxidation sites excluding steroid dienone is 2. The van der Waals surface area contributed by atoms with E-state index in [2.05, 4.69) is 0 Å². The molecule has 1 aromatic carbocycles. The van der Waals surface area contributed by atoms with Crippen LogP contribution in [0.1, 0.15) is 33.1 Å². The zero-order chi connectivity index (χ0) is 16.1. The summed E-state index contributed by atoms with van der Waals surface area (Å²) in [6, 6.07) is 6.90. The topological polar surface area (TPSA) is 54.5 Å². The van der Waals surface area contributed by atoms with Crippen molar-refractivity contribution < 1.29 is 14.4 Å². The molecule has 0 unspecified atom stereocenters. The minimum Gasteiger partial charge on any atom is -0.294 e. The molecule has 1 aromatic rings. The monoisotopic (exact) mass is 317 g/mol. The van der Waals surface area contributed by atoms with E-state index in [1.54, 1.807) is 24.3 Å². The van der Waals surface area contributed by atoms with Crippen LogP contribution in [0.4, 0.5) is 5.69 Å². The second kappa shape index (κ2) is 5.06. The Morgan fingerprint density at radius 2 is 1.82 bits per heavy atom. The number of anilines is 1. The van der Waals surface area contributed by atoms with Crippen molar-refractivity contribution in [1.82, 2.24) is 0 Å². The number of nitrogens with zero attached hydrogens (tertiary/aromatic N) is 1. The van der Waals surface area contributed by atoms with Gasteiger partial charge in [-0.3, -0.25) is 19.3 Å². The third-order valence-corrected chi connectivity index (χ3v) is 4.26. The Balaban J connectivity index is 2.18. The Hall–Kier alpha value is -1.94. The van der Waals surface area contributed by atoms with Crippen molar-refractivity contribution in [2.45, 2.75) is 33.1 Å². The van der Waals surface area contributed by atoms with E-state index in [9.17, 15) is 14.4 Å². The molecule has 0 radical (unpaired) electrons. The molecule has 114 valence electrons. The molecule has 0 fully saturated rings. The normalized spacial score (nSPS) is 21.2. The highest BCUT2D eigenvalue weighted by molar-refractivity contribution is 6.32. The van der Waals surface area contributed by atoms with Crippen LogP contribution in [0.15, 0.2) is 35.5 Å². The van der Waals surface area contributed by atoms with Gasteiger partial charge in [-0.05, 0) is 30.0 Å². The first-order chi connectivity index (χ1) is 10.3. The fourth-order valence-electron chi connectivity index (χ4n) is 3.17. The highest BCUT2D eigenvalue weighted by Gasteiger charge is 2.43. The summed E-state index contributed by atoms with van der Waals surface area (Å²) >= 11 is 6.01. The maximum atomic E-state index is 12.4. The molecular weight excluding hydrogens is 302 g/mol. The van der Waals surface area contributed by atoms with Gasteiger partial charge in [0.15, 0.2) is 11.6 Å². The number of hydrogen-bond donors (Lipinski definition) is 0. The van der Waals surface area contributed by atoms with Crippen molar-refractivity contribution in [3.05, 3.63) is 40.6 Å². The van der Waals surface area contributed by atoms with Gasteiger partial charge in [-0.1, -0.05) is 31.5 Å². The minimum atomic E-state index is -0.362. The minimum absolute atomic E-state index is 0.171. The molecular formula is C17H16ClNO3. The summed E-state index contributed by atoms with van der Waals surface area (Å²) in [5.74, 6) is -0.842. The Kier molecular flexibility index (Phi) is 3.44. The van der Waals surface area contributed by atoms with Crippen molar-refractivity contribution in [3.63, 3.8) is 0 Å². The number of rotatable bonds is 1. The molecule has 0 saturated heterocycles. The van der Waals surface area contributed by atoms with E-state index in [0.717, 1.165) is 0 Å². The van der Waals surface area contributed by atoms with Crippen LogP contribution in [0.5, 0.6) is 0 Å². The quantitative estimate of drug-likeness (QED) is 0.590. The van der Waals surface area contributed by atoms with E-state index >= 15 is 0 Å². The van der Waals surface area contributed by atoms with Crippen LogP contribution in [0.25, 0.3) is 0 Å². The van der Waals surface area contributed by atoms with Gasteiger partial charge in [0.1, 0.15) is 0 Å². The molecule has 5 heteroatoms. The Morgan fingerprint density at radius 1 is 1.09 bits per heavy atom. The zero-order valence-electron chi connectivity index (χ0n) is 12.5. The average molecular weight is 318 g/mol. The summed E-state index contributed by atoms with van der Waals surface area (Å²) in [6.07, 6.45) is 0.574. The lowest BCUT2D eigenvalue weighted by Gasteiger charge is -2.39. The molecule has 2 aliphatic rings. The summed E-state index contributed by atoms with van der Waals surface area (Å²) in [7, 11) is 0. The largest absolute Gasteiger partial charge is 0.294 e. The first-order valence-corrected chi connectivity index (χ1v) is 7.54. The summed E-state index contributed by atoms with van der Waals surface area (Å²) in [4.78, 5) is 38.4. The SMILES string of the molecule is CC1(C)CC(=O)C2=C(C1)N(c1cccc(Cl)c1)C(=O)CC2=O. The zero-order valence-corrected chi connectivity index (χ0v) is 13.2. The average Bonchev–Trinajstić information content (AvgIpc) is 2.35. The molecule has 22 heavy (non-hydrogen) atoms. The maximum Gasteiger partial charge on any atom is 0.239 e. The molecule has 0 saturated carbocycles. The van der Waals surface area contributed by atoms with Gasteiger partial charge in [-0.2, -0.15) is 0 Å². The third-order valence-electron chi connectivity index (χ3n) is 4.03. The van der Waals surface area contributed by atoms with Crippen LogP contribution < -0.4 is 4.90 Å². The van der Waals surface area contributed by atoms with Crippen LogP contribution in [0.2, 0.25) is 5.02 Å². The van der Waals surface area contributed by atoms with Crippen LogP contribution in [-0.4, -0.2) is 17.5 Å². The van der Waals surface area contributed by atoms with E-state index in [1.165, 1.54) is 4.90 Å². The van der Waals surface area contributed by atoms with Crippen molar-refractivity contribution in [2.75, 3.05) is 4.90 Å². The van der Waals surface area contributed by atoms with Crippen LogP contribution in [0.3, 0.4) is 0 Å². The number of hydrogen-bond acceptors (Lipinski definition) is 3. The molecule has 1 amide bonds. The highest BCUT2D eigenvalue weighted by atomic mass is 35.5. The lowest BCUT2D eigenvalue weighted by Crippen LogP contribution is -2.44. The molecule has 0 bridgehead atoms. The van der Waals surface area contributed by atoms with Gasteiger partial charge in [0.25, 0.3) is 0 Å². The van der Waals surface area contributed by atoms with Gasteiger partial charge >= 0.3 is 0 Å². The van der Waals surface area contributed by atoms with Gasteiger partial charge in [0.2, 0.25) is 5.91 Å². The summed E-state index contributed by atoms with van der Waals surface area (Å²) in [6.45, 7) is 3.93. The molecule has 1 aliphatic heterocycles. The molecule has 3 rings (SSSR count).